The topological polar surface area (TPSA) is 237 Å². The van der Waals surface area contributed by atoms with Gasteiger partial charge in [0.25, 0.3) is 11.8 Å². The summed E-state index contributed by atoms with van der Waals surface area (Å²) < 4.78 is 4.59. The van der Waals surface area contributed by atoms with Gasteiger partial charge in [0.2, 0.25) is 5.78 Å². The molecule has 0 fully saturated rings. The molecule has 2 aromatic carbocycles. The SMILES string of the molecule is COC(=O)C(CO)NC(=O)c1cccc(-c2ccc(O)c3c2C[C@H]2C[C@H]4C(N(C)C)C(O)=C(C(N)=O)C(=O)[C@@]4(O)C(O)=C2C3=O)c1. The largest absolute Gasteiger partial charge is 0.510 e. The molecule has 0 aliphatic heterocycles. The van der Waals surface area contributed by atoms with Gasteiger partial charge >= 0.3 is 5.97 Å². The minimum atomic E-state index is -2.75. The molecular weight excluding hydrogens is 602 g/mol. The molecule has 0 radical (unpaired) electrons. The highest BCUT2D eigenvalue weighted by Gasteiger charge is 2.63. The Morgan fingerprint density at radius 1 is 1.13 bits per heavy atom. The van der Waals surface area contributed by atoms with Crippen molar-refractivity contribution in [3.63, 3.8) is 0 Å². The predicted octanol–water partition coefficient (Wildman–Crippen LogP) is 0.0513. The molecule has 46 heavy (non-hydrogen) atoms. The predicted molar refractivity (Wildman–Crippen MR) is 159 cm³/mol. The Kier molecular flexibility index (Phi) is 8.23. The Labute approximate surface area is 262 Å². The van der Waals surface area contributed by atoms with E-state index in [0.717, 1.165) is 7.11 Å². The van der Waals surface area contributed by atoms with Gasteiger partial charge in [-0.2, -0.15) is 0 Å². The summed E-state index contributed by atoms with van der Waals surface area (Å²) in [6.45, 7) is -0.691. The van der Waals surface area contributed by atoms with Crippen molar-refractivity contribution in [3.05, 3.63) is 75.8 Å². The van der Waals surface area contributed by atoms with Crippen LogP contribution in [0.5, 0.6) is 5.75 Å². The van der Waals surface area contributed by atoms with Crippen LogP contribution in [0.3, 0.4) is 0 Å². The van der Waals surface area contributed by atoms with Crippen LogP contribution in [0.15, 0.2) is 59.1 Å². The first kappa shape index (κ1) is 32.3. The minimum Gasteiger partial charge on any atom is -0.510 e. The van der Waals surface area contributed by atoms with Gasteiger partial charge in [0, 0.05) is 17.1 Å². The van der Waals surface area contributed by atoms with Crippen LogP contribution < -0.4 is 11.1 Å². The number of aliphatic hydroxyl groups is 4. The van der Waals surface area contributed by atoms with Gasteiger partial charge in [-0.05, 0) is 67.7 Å². The molecule has 242 valence electrons. The van der Waals surface area contributed by atoms with E-state index in [2.05, 4.69) is 10.1 Å². The number of fused-ring (bicyclic) bond motifs is 3. The number of likely N-dealkylation sites (N-methyl/N-ethyl adjacent to an activating group) is 1. The quantitative estimate of drug-likeness (QED) is 0.158. The summed E-state index contributed by atoms with van der Waals surface area (Å²) in [7, 11) is 4.20. The Morgan fingerprint density at radius 2 is 1.83 bits per heavy atom. The monoisotopic (exact) mass is 635 g/mol. The number of methoxy groups -OCH3 is 1. The second-order valence-electron chi connectivity index (χ2n) is 11.8. The summed E-state index contributed by atoms with van der Waals surface area (Å²) in [4.78, 5) is 65.9. The molecule has 14 heteroatoms. The van der Waals surface area contributed by atoms with Crippen molar-refractivity contribution < 1.29 is 54.2 Å². The van der Waals surface area contributed by atoms with Gasteiger partial charge < -0.3 is 41.3 Å². The van der Waals surface area contributed by atoms with E-state index in [0.29, 0.717) is 16.7 Å². The number of Topliss-reactive ketones (excluding diaryl/α,β-unsaturated/α-hetero) is 2. The van der Waals surface area contributed by atoms with E-state index in [1.807, 2.05) is 0 Å². The van der Waals surface area contributed by atoms with E-state index in [9.17, 15) is 49.5 Å². The lowest BCUT2D eigenvalue weighted by atomic mass is 9.58. The van der Waals surface area contributed by atoms with Crippen LogP contribution in [0.2, 0.25) is 0 Å². The number of allylic oxidation sites excluding steroid dienone is 1. The zero-order valence-corrected chi connectivity index (χ0v) is 25.1. The molecule has 5 rings (SSSR count). The van der Waals surface area contributed by atoms with Gasteiger partial charge in [0.15, 0.2) is 17.4 Å². The van der Waals surface area contributed by atoms with E-state index in [-0.39, 0.29) is 29.5 Å². The van der Waals surface area contributed by atoms with Gasteiger partial charge in [0.05, 0.1) is 25.3 Å². The van der Waals surface area contributed by atoms with Gasteiger partial charge in [-0.15, -0.1) is 0 Å². The van der Waals surface area contributed by atoms with Crippen LogP contribution in [0.25, 0.3) is 11.1 Å². The number of nitrogens with zero attached hydrogens (tertiary/aromatic N) is 1. The van der Waals surface area contributed by atoms with E-state index in [1.165, 1.54) is 23.1 Å². The van der Waals surface area contributed by atoms with Crippen molar-refractivity contribution >= 4 is 29.4 Å². The van der Waals surface area contributed by atoms with Crippen LogP contribution in [0.1, 0.15) is 32.7 Å². The van der Waals surface area contributed by atoms with Crippen LogP contribution in [0.4, 0.5) is 0 Å². The summed E-state index contributed by atoms with van der Waals surface area (Å²) in [5.74, 6) is -9.04. The molecular formula is C32H33N3O11. The summed E-state index contributed by atoms with van der Waals surface area (Å²) in [6.07, 6.45) is -0.0387. The van der Waals surface area contributed by atoms with Crippen LogP contribution >= 0.6 is 0 Å². The number of benzene rings is 2. The fourth-order valence-corrected chi connectivity index (χ4v) is 6.91. The number of hydrogen-bond acceptors (Lipinski definition) is 12. The standard InChI is InChI=1S/C32H33N3O11/c1-35(2)24-18-11-15-10-17-16(13-5-4-6-14(9-13)30(43)34-19(12-36)31(44)46-3)7-8-20(37)22(17)25(38)21(15)27(40)32(18,45)28(41)23(26(24)39)29(33)42/h4-9,15,18-19,24,36-37,39-40,45H,10-12H2,1-3H3,(H2,33,42)(H,34,43)/t15-,18-,19?,24?,32-/m0/s1. The molecule has 0 saturated carbocycles. The number of carbonyl (C=O) groups is 5. The number of phenols is 1. The zero-order valence-electron chi connectivity index (χ0n) is 25.1. The number of aromatic hydroxyl groups is 1. The molecule has 8 N–H and O–H groups in total. The number of ether oxygens (including phenoxy) is 1. The maximum absolute atomic E-state index is 14.0. The molecule has 0 saturated heterocycles. The third-order valence-electron chi connectivity index (χ3n) is 9.02. The maximum Gasteiger partial charge on any atom is 0.330 e. The molecule has 14 nitrogen and oxygen atoms in total. The Morgan fingerprint density at radius 3 is 2.43 bits per heavy atom. The molecule has 0 heterocycles. The summed E-state index contributed by atoms with van der Waals surface area (Å²) in [5.41, 5.74) is 2.67. The van der Waals surface area contributed by atoms with E-state index < -0.39 is 88.3 Å². The molecule has 5 atom stereocenters. The number of amides is 2. The highest BCUT2D eigenvalue weighted by Crippen LogP contribution is 2.53. The third kappa shape index (κ3) is 4.81. The summed E-state index contributed by atoms with van der Waals surface area (Å²) >= 11 is 0. The number of esters is 1. The molecule has 0 spiro atoms. The van der Waals surface area contributed by atoms with Gasteiger partial charge in [-0.25, -0.2) is 4.79 Å². The van der Waals surface area contributed by atoms with Gasteiger partial charge in [-0.1, -0.05) is 18.2 Å². The first-order chi connectivity index (χ1) is 21.7. The van der Waals surface area contributed by atoms with Crippen LogP contribution in [-0.4, -0.2) is 105 Å². The fraction of sp³-hybridized carbons (Fsp3) is 0.344. The van der Waals surface area contributed by atoms with Crippen LogP contribution in [0, 0.1) is 11.8 Å². The number of rotatable bonds is 7. The number of phenolic OH excluding ortho intramolecular Hbond substituents is 1. The molecule has 3 aliphatic carbocycles. The first-order valence-corrected chi connectivity index (χ1v) is 14.3. The van der Waals surface area contributed by atoms with Crippen molar-refractivity contribution in [2.24, 2.45) is 17.6 Å². The zero-order chi connectivity index (χ0) is 33.8. The van der Waals surface area contributed by atoms with Crippen LogP contribution in [-0.2, 0) is 25.5 Å². The number of primary amides is 1. The van der Waals surface area contributed by atoms with Crippen molar-refractivity contribution in [1.82, 2.24) is 10.2 Å². The lowest BCUT2D eigenvalue weighted by molar-refractivity contribution is -0.148. The Hall–Kier alpha value is -5.05. The first-order valence-electron chi connectivity index (χ1n) is 14.3. The summed E-state index contributed by atoms with van der Waals surface area (Å²) in [5, 5.41) is 56.9. The number of nitrogens with one attached hydrogen (secondary N) is 1. The number of hydrogen-bond donors (Lipinski definition) is 7. The number of nitrogens with two attached hydrogens (primary N) is 1. The molecule has 3 aliphatic rings. The van der Waals surface area contributed by atoms with E-state index in [1.54, 1.807) is 32.3 Å². The lowest BCUT2D eigenvalue weighted by Gasteiger charge is -2.50. The Bertz CT molecular complexity index is 1760. The average molecular weight is 636 g/mol. The number of ketones is 2. The third-order valence-corrected chi connectivity index (χ3v) is 9.02. The summed E-state index contributed by atoms with van der Waals surface area (Å²) in [6, 6.07) is 6.59. The normalized spacial score (nSPS) is 24.6. The average Bonchev–Trinajstić information content (AvgIpc) is 3.01. The highest BCUT2D eigenvalue weighted by atomic mass is 16.5. The molecule has 2 amide bonds. The van der Waals surface area contributed by atoms with Gasteiger partial charge in [0.1, 0.15) is 22.8 Å². The van der Waals surface area contributed by atoms with Crippen molar-refractivity contribution in [3.8, 4) is 16.9 Å². The minimum absolute atomic E-state index is 0.0453. The van der Waals surface area contributed by atoms with E-state index in [4.69, 9.17) is 5.73 Å². The van der Waals surface area contributed by atoms with Gasteiger partial charge in [-0.3, -0.25) is 24.1 Å². The molecule has 0 aromatic heterocycles. The maximum atomic E-state index is 14.0. The molecule has 2 aromatic rings. The van der Waals surface area contributed by atoms with Crippen molar-refractivity contribution in [2.75, 3.05) is 27.8 Å². The smallest absolute Gasteiger partial charge is 0.330 e. The second kappa shape index (κ2) is 11.7. The highest BCUT2D eigenvalue weighted by molar-refractivity contribution is 6.25. The Balaban J connectivity index is 1.61. The van der Waals surface area contributed by atoms with E-state index >= 15 is 0 Å². The number of carbonyl (C=O) groups excluding carboxylic acids is 5. The number of aliphatic hydroxyl groups excluding tert-OH is 3. The molecule has 2 unspecified atom stereocenters. The second-order valence-corrected chi connectivity index (χ2v) is 11.8. The lowest BCUT2D eigenvalue weighted by Crippen LogP contribution is -2.63. The van der Waals surface area contributed by atoms with Crippen molar-refractivity contribution in [1.29, 1.82) is 0 Å². The molecule has 0 bridgehead atoms. The van der Waals surface area contributed by atoms with Crippen molar-refractivity contribution in [2.45, 2.75) is 30.5 Å². The fourth-order valence-electron chi connectivity index (χ4n) is 6.91.